The van der Waals surface area contributed by atoms with E-state index >= 15 is 0 Å². The molecule has 35 heavy (non-hydrogen) atoms. The first-order valence-corrected chi connectivity index (χ1v) is 11.7. The fourth-order valence-corrected chi connectivity index (χ4v) is 5.41. The van der Waals surface area contributed by atoms with E-state index in [0.717, 1.165) is 45.3 Å². The number of aromatic nitrogens is 2. The number of hydrogen-bond donors (Lipinski definition) is 3. The molecule has 2 aromatic heterocycles. The molecule has 0 unspecified atom stereocenters. The monoisotopic (exact) mass is 465 g/mol. The number of carbonyl (C=O) groups is 1. The molecule has 0 amide bonds. The van der Waals surface area contributed by atoms with E-state index in [9.17, 15) is 14.3 Å². The fraction of sp³-hybridized carbons (Fsp3) is 0.172. The summed E-state index contributed by atoms with van der Waals surface area (Å²) in [5.74, 6) is -1.43. The molecule has 0 atom stereocenters. The molecule has 1 aliphatic heterocycles. The van der Waals surface area contributed by atoms with Crippen molar-refractivity contribution < 1.29 is 14.3 Å². The molecule has 2 aliphatic rings. The summed E-state index contributed by atoms with van der Waals surface area (Å²) in [6.07, 6.45) is 8.74. The number of nitrogens with zero attached hydrogens (tertiary/aromatic N) is 1. The second-order valence-corrected chi connectivity index (χ2v) is 9.37. The van der Waals surface area contributed by atoms with Crippen molar-refractivity contribution in [2.24, 2.45) is 4.99 Å². The molecular weight excluding hydrogens is 441 g/mol. The van der Waals surface area contributed by atoms with E-state index in [4.69, 9.17) is 0 Å². The number of benzene rings is 2. The molecule has 6 heteroatoms. The van der Waals surface area contributed by atoms with Crippen molar-refractivity contribution in [2.75, 3.05) is 6.54 Å². The Balaban J connectivity index is 1.63. The number of aliphatic imine (C=N–C) groups is 1. The van der Waals surface area contributed by atoms with Crippen LogP contribution in [0.5, 0.6) is 0 Å². The van der Waals surface area contributed by atoms with Gasteiger partial charge in [-0.05, 0) is 64.1 Å². The Bertz CT molecular complexity index is 1610. The molecule has 3 heterocycles. The average Bonchev–Trinajstić information content (AvgIpc) is 3.62. The Morgan fingerprint density at radius 3 is 2.77 bits per heavy atom. The van der Waals surface area contributed by atoms with Crippen molar-refractivity contribution >= 4 is 28.7 Å². The Kier molecular flexibility index (Phi) is 4.85. The van der Waals surface area contributed by atoms with E-state index in [1.165, 1.54) is 12.1 Å². The molecule has 0 spiro atoms. The van der Waals surface area contributed by atoms with Crippen molar-refractivity contribution in [3.05, 3.63) is 88.5 Å². The maximum absolute atomic E-state index is 14.6. The number of allylic oxidation sites excluding steroid dienone is 2. The van der Waals surface area contributed by atoms with Gasteiger partial charge < -0.3 is 15.1 Å². The zero-order chi connectivity index (χ0) is 24.3. The van der Waals surface area contributed by atoms with Crippen LogP contribution in [-0.2, 0) is 6.42 Å². The van der Waals surface area contributed by atoms with E-state index in [0.29, 0.717) is 28.9 Å². The number of fused-ring (bicyclic) bond motifs is 2. The number of halogens is 1. The van der Waals surface area contributed by atoms with E-state index < -0.39 is 5.97 Å². The molecule has 0 radical (unpaired) electrons. The lowest BCUT2D eigenvalue weighted by Crippen LogP contribution is -2.01. The van der Waals surface area contributed by atoms with E-state index in [1.807, 2.05) is 44.2 Å². The fourth-order valence-electron chi connectivity index (χ4n) is 5.41. The van der Waals surface area contributed by atoms with Gasteiger partial charge in [0.2, 0.25) is 0 Å². The lowest BCUT2D eigenvalue weighted by Gasteiger charge is -2.15. The molecule has 2 aromatic carbocycles. The van der Waals surface area contributed by atoms with Crippen LogP contribution in [0.25, 0.3) is 39.4 Å². The van der Waals surface area contributed by atoms with Gasteiger partial charge in [-0.1, -0.05) is 38.1 Å². The number of nitrogens with one attached hydrogen (secondary N) is 2. The largest absolute Gasteiger partial charge is 0.477 e. The molecule has 0 saturated heterocycles. The normalized spacial score (nSPS) is 14.6. The minimum Gasteiger partial charge on any atom is -0.477 e. The van der Waals surface area contributed by atoms with Crippen LogP contribution in [0, 0.1) is 5.82 Å². The highest BCUT2D eigenvalue weighted by atomic mass is 19.1. The quantitative estimate of drug-likeness (QED) is 0.305. The predicted octanol–water partition coefficient (Wildman–Crippen LogP) is 6.74. The van der Waals surface area contributed by atoms with Gasteiger partial charge in [-0.15, -0.1) is 0 Å². The molecule has 1 aliphatic carbocycles. The summed E-state index contributed by atoms with van der Waals surface area (Å²) in [6.45, 7) is 4.77. The third kappa shape index (κ3) is 3.36. The maximum Gasteiger partial charge on any atom is 0.352 e. The smallest absolute Gasteiger partial charge is 0.352 e. The maximum atomic E-state index is 14.6. The first kappa shape index (κ1) is 21.4. The standard InChI is InChI=1S/C29H24FN3O2/c1-15(2)25-26(20-6-3-5-16-11-17(12-21(16)20)23-7-4-9-31-23)28(29(34)35)33-27(25)22-13-18(30)14-24-19(22)8-10-32-24/h3-8,10,12-15,32-33H,9,11H2,1-2H3,(H,34,35). The van der Waals surface area contributed by atoms with Crippen molar-refractivity contribution in [3.8, 4) is 22.4 Å². The summed E-state index contributed by atoms with van der Waals surface area (Å²) in [6, 6.07) is 10.9. The average molecular weight is 466 g/mol. The predicted molar refractivity (Wildman–Crippen MR) is 138 cm³/mol. The summed E-state index contributed by atoms with van der Waals surface area (Å²) in [7, 11) is 0. The van der Waals surface area contributed by atoms with Crippen molar-refractivity contribution in [1.29, 1.82) is 0 Å². The molecular formula is C29H24FN3O2. The zero-order valence-corrected chi connectivity index (χ0v) is 19.4. The number of rotatable bonds is 5. The van der Waals surface area contributed by atoms with Crippen molar-refractivity contribution in [3.63, 3.8) is 0 Å². The number of hydrogen-bond acceptors (Lipinski definition) is 2. The highest BCUT2D eigenvalue weighted by Gasteiger charge is 2.29. The van der Waals surface area contributed by atoms with Gasteiger partial charge in [-0.3, -0.25) is 4.99 Å². The van der Waals surface area contributed by atoms with Crippen LogP contribution in [-0.4, -0.2) is 33.3 Å². The van der Waals surface area contributed by atoms with Gasteiger partial charge >= 0.3 is 5.97 Å². The number of carboxylic acids is 1. The van der Waals surface area contributed by atoms with Crippen LogP contribution >= 0.6 is 0 Å². The van der Waals surface area contributed by atoms with Crippen LogP contribution in [0.15, 0.2) is 65.3 Å². The molecule has 0 fully saturated rings. The second-order valence-electron chi connectivity index (χ2n) is 9.37. The first-order valence-electron chi connectivity index (χ1n) is 11.7. The van der Waals surface area contributed by atoms with Gasteiger partial charge in [0.25, 0.3) is 0 Å². The van der Waals surface area contributed by atoms with Gasteiger partial charge in [0.15, 0.2) is 0 Å². The summed E-state index contributed by atoms with van der Waals surface area (Å²) in [5.41, 5.74) is 8.75. The molecule has 3 N–H and O–H groups in total. The Morgan fingerprint density at radius 2 is 2.03 bits per heavy atom. The van der Waals surface area contributed by atoms with Gasteiger partial charge in [0, 0.05) is 34.6 Å². The Labute approximate surface area is 201 Å². The van der Waals surface area contributed by atoms with Gasteiger partial charge in [-0.2, -0.15) is 0 Å². The second kappa shape index (κ2) is 7.94. The molecule has 174 valence electrons. The van der Waals surface area contributed by atoms with E-state index in [2.05, 4.69) is 27.1 Å². The highest BCUT2D eigenvalue weighted by molar-refractivity contribution is 6.14. The summed E-state index contributed by atoms with van der Waals surface area (Å²) in [4.78, 5) is 23.3. The van der Waals surface area contributed by atoms with Crippen LogP contribution in [0.3, 0.4) is 0 Å². The first-order chi connectivity index (χ1) is 16.9. The third-order valence-corrected chi connectivity index (χ3v) is 6.87. The van der Waals surface area contributed by atoms with Gasteiger partial charge in [-0.25, -0.2) is 9.18 Å². The topological polar surface area (TPSA) is 81.2 Å². The molecule has 0 bridgehead atoms. The lowest BCUT2D eigenvalue weighted by molar-refractivity contribution is 0.0692. The zero-order valence-electron chi connectivity index (χ0n) is 19.4. The van der Waals surface area contributed by atoms with E-state index in [-0.39, 0.29) is 17.4 Å². The van der Waals surface area contributed by atoms with Crippen LogP contribution in [0.1, 0.15) is 46.9 Å². The minimum atomic E-state index is -1.04. The number of aromatic amines is 2. The van der Waals surface area contributed by atoms with Crippen LogP contribution in [0.2, 0.25) is 0 Å². The van der Waals surface area contributed by atoms with Crippen LogP contribution in [0.4, 0.5) is 4.39 Å². The van der Waals surface area contributed by atoms with Crippen molar-refractivity contribution in [1.82, 2.24) is 9.97 Å². The molecule has 0 saturated carbocycles. The Hall–Kier alpha value is -4.19. The molecule has 5 nitrogen and oxygen atoms in total. The Morgan fingerprint density at radius 1 is 1.17 bits per heavy atom. The lowest BCUT2D eigenvalue weighted by atomic mass is 9.87. The molecule has 4 aromatic rings. The van der Waals surface area contributed by atoms with Gasteiger partial charge in [0.1, 0.15) is 11.5 Å². The van der Waals surface area contributed by atoms with E-state index in [1.54, 1.807) is 6.20 Å². The number of H-pyrrole nitrogens is 2. The summed E-state index contributed by atoms with van der Waals surface area (Å²) < 4.78 is 14.6. The molecule has 6 rings (SSSR count). The van der Waals surface area contributed by atoms with Crippen LogP contribution < -0.4 is 0 Å². The summed E-state index contributed by atoms with van der Waals surface area (Å²) in [5, 5.41) is 11.1. The van der Waals surface area contributed by atoms with Gasteiger partial charge in [0.05, 0.1) is 18.0 Å². The minimum absolute atomic E-state index is 0.00976. The highest BCUT2D eigenvalue weighted by Crippen LogP contribution is 2.45. The number of aromatic carboxylic acids is 1. The van der Waals surface area contributed by atoms with Crippen molar-refractivity contribution in [2.45, 2.75) is 26.2 Å². The third-order valence-electron chi connectivity index (χ3n) is 6.87. The summed E-state index contributed by atoms with van der Waals surface area (Å²) >= 11 is 0. The SMILES string of the molecule is CC(C)c1c(-c2cc(F)cc3[nH]ccc23)[nH]c(C(=O)O)c1-c1cccc2c1C=C(C1=NCC=C1)C2. The number of carboxylic acid groups (broad SMARTS) is 1.